The Balaban J connectivity index is 1.84. The predicted molar refractivity (Wildman–Crippen MR) is 117 cm³/mol. The van der Waals surface area contributed by atoms with Crippen molar-refractivity contribution in [3.63, 3.8) is 0 Å². The third-order valence-electron chi connectivity index (χ3n) is 5.43. The minimum Gasteiger partial charge on any atom is -0.356 e. The molecule has 2 aromatic carbocycles. The molecular weight excluding hydrogens is 404 g/mol. The molecule has 2 heterocycles. The van der Waals surface area contributed by atoms with Crippen LogP contribution in [0.15, 0.2) is 56.8 Å². The van der Waals surface area contributed by atoms with Crippen LogP contribution in [0.25, 0.3) is 11.3 Å². The lowest BCUT2D eigenvalue weighted by atomic mass is 10.1. The maximum absolute atomic E-state index is 13.8. The number of sulfonamides is 1. The molecule has 0 saturated carbocycles. The molecule has 0 amide bonds. The third-order valence-corrected chi connectivity index (χ3v) is 8.76. The van der Waals surface area contributed by atoms with E-state index in [0.717, 1.165) is 33.8 Å². The van der Waals surface area contributed by atoms with Crippen LogP contribution < -0.4 is 4.31 Å². The van der Waals surface area contributed by atoms with E-state index in [-0.39, 0.29) is 5.25 Å². The summed E-state index contributed by atoms with van der Waals surface area (Å²) in [7, 11) is -3.73. The Kier molecular flexibility index (Phi) is 5.21. The second-order valence-corrected chi connectivity index (χ2v) is 10.5. The minimum atomic E-state index is -3.73. The number of para-hydroxylation sites is 1. The van der Waals surface area contributed by atoms with Gasteiger partial charge in [-0.3, -0.25) is 4.31 Å². The van der Waals surface area contributed by atoms with Gasteiger partial charge in [-0.2, -0.15) is 0 Å². The van der Waals surface area contributed by atoms with E-state index in [1.807, 2.05) is 57.2 Å². The second-order valence-electron chi connectivity index (χ2n) is 7.35. The topological polar surface area (TPSA) is 63.4 Å². The van der Waals surface area contributed by atoms with Gasteiger partial charge in [0.2, 0.25) is 0 Å². The molecule has 0 spiro atoms. The Morgan fingerprint density at radius 1 is 1.17 bits per heavy atom. The number of benzene rings is 2. The summed E-state index contributed by atoms with van der Waals surface area (Å²) >= 11 is 1.75. The third kappa shape index (κ3) is 3.46. The fraction of sp³-hybridized carbons (Fsp3) is 0.318. The average Bonchev–Trinajstić information content (AvgIpc) is 3.06. The van der Waals surface area contributed by atoms with E-state index in [1.54, 1.807) is 22.1 Å². The zero-order chi connectivity index (χ0) is 20.8. The summed E-state index contributed by atoms with van der Waals surface area (Å²) in [6.07, 6.45) is 0.903. The minimum absolute atomic E-state index is 0.224. The van der Waals surface area contributed by atoms with E-state index in [1.165, 1.54) is 0 Å². The molecule has 0 bridgehead atoms. The lowest BCUT2D eigenvalue weighted by Crippen LogP contribution is -2.39. The molecule has 4 rings (SSSR count). The summed E-state index contributed by atoms with van der Waals surface area (Å²) < 4.78 is 34.6. The van der Waals surface area contributed by atoms with Crippen molar-refractivity contribution in [2.75, 3.05) is 10.8 Å². The molecule has 0 unspecified atom stereocenters. The molecule has 0 radical (unpaired) electrons. The Morgan fingerprint density at radius 2 is 1.93 bits per heavy atom. The molecule has 0 fully saturated rings. The standard InChI is InChI=1S/C22H24N2O3S2/c1-5-18-13-24(19-8-6-7-9-20(19)28-18)29(25,26)21-12-17(11-10-14(21)2)22-15(3)16(4)23-27-22/h6-12,18H,5,13H2,1-4H3/t18-/m0/s1. The van der Waals surface area contributed by atoms with E-state index in [0.29, 0.717) is 22.8 Å². The van der Waals surface area contributed by atoms with Gasteiger partial charge in [0.15, 0.2) is 5.76 Å². The van der Waals surface area contributed by atoms with E-state index >= 15 is 0 Å². The van der Waals surface area contributed by atoms with Gasteiger partial charge in [-0.05, 0) is 51.0 Å². The van der Waals surface area contributed by atoms with E-state index in [2.05, 4.69) is 12.1 Å². The van der Waals surface area contributed by atoms with E-state index in [9.17, 15) is 8.42 Å². The number of aromatic nitrogens is 1. The quantitative estimate of drug-likeness (QED) is 0.561. The highest BCUT2D eigenvalue weighted by Gasteiger charge is 2.34. The van der Waals surface area contributed by atoms with Crippen molar-refractivity contribution in [1.29, 1.82) is 0 Å². The highest BCUT2D eigenvalue weighted by molar-refractivity contribution is 8.00. The molecule has 7 heteroatoms. The molecule has 1 aromatic heterocycles. The molecular formula is C22H24N2O3S2. The van der Waals surface area contributed by atoms with Gasteiger partial charge < -0.3 is 4.52 Å². The van der Waals surface area contributed by atoms with E-state index in [4.69, 9.17) is 4.52 Å². The lowest BCUT2D eigenvalue weighted by Gasteiger charge is -2.34. The van der Waals surface area contributed by atoms with Gasteiger partial charge in [0.05, 0.1) is 16.3 Å². The van der Waals surface area contributed by atoms with Crippen molar-refractivity contribution in [3.05, 3.63) is 59.3 Å². The van der Waals surface area contributed by atoms with Crippen molar-refractivity contribution in [2.24, 2.45) is 0 Å². The molecule has 29 heavy (non-hydrogen) atoms. The first kappa shape index (κ1) is 20.0. The Hall–Kier alpha value is -2.25. The van der Waals surface area contributed by atoms with Gasteiger partial charge in [-0.15, -0.1) is 11.8 Å². The summed E-state index contributed by atoms with van der Waals surface area (Å²) in [5.74, 6) is 0.611. The summed E-state index contributed by atoms with van der Waals surface area (Å²) in [5.41, 5.74) is 3.91. The van der Waals surface area contributed by atoms with Crippen LogP contribution in [-0.2, 0) is 10.0 Å². The Labute approximate surface area is 176 Å². The first-order chi connectivity index (χ1) is 13.8. The molecule has 152 valence electrons. The van der Waals surface area contributed by atoms with Crippen LogP contribution in [-0.4, -0.2) is 25.4 Å². The monoisotopic (exact) mass is 428 g/mol. The number of rotatable bonds is 4. The maximum atomic E-state index is 13.8. The predicted octanol–water partition coefficient (Wildman–Crippen LogP) is 5.35. The summed E-state index contributed by atoms with van der Waals surface area (Å²) in [6.45, 7) is 8.19. The second kappa shape index (κ2) is 7.54. The molecule has 0 N–H and O–H groups in total. The fourth-order valence-corrected chi connectivity index (χ4v) is 6.67. The van der Waals surface area contributed by atoms with Crippen molar-refractivity contribution in [3.8, 4) is 11.3 Å². The number of hydrogen-bond donors (Lipinski definition) is 0. The van der Waals surface area contributed by atoms with Crippen LogP contribution in [0.2, 0.25) is 0 Å². The fourth-order valence-electron chi connectivity index (χ4n) is 3.53. The Bertz CT molecular complexity index is 1170. The smallest absolute Gasteiger partial charge is 0.264 e. The highest BCUT2D eigenvalue weighted by Crippen LogP contribution is 2.42. The lowest BCUT2D eigenvalue weighted by molar-refractivity contribution is 0.426. The number of fused-ring (bicyclic) bond motifs is 1. The number of anilines is 1. The van der Waals surface area contributed by atoms with Crippen LogP contribution in [0.3, 0.4) is 0 Å². The van der Waals surface area contributed by atoms with E-state index < -0.39 is 10.0 Å². The highest BCUT2D eigenvalue weighted by atomic mass is 32.2. The van der Waals surface area contributed by atoms with Gasteiger partial charge >= 0.3 is 0 Å². The van der Waals surface area contributed by atoms with Crippen LogP contribution >= 0.6 is 11.8 Å². The van der Waals surface area contributed by atoms with Crippen LogP contribution in [0, 0.1) is 20.8 Å². The molecule has 3 aromatic rings. The normalized spacial score (nSPS) is 16.7. The summed E-state index contributed by atoms with van der Waals surface area (Å²) in [6, 6.07) is 13.2. The number of nitrogens with zero attached hydrogens (tertiary/aromatic N) is 2. The zero-order valence-corrected chi connectivity index (χ0v) is 18.6. The van der Waals surface area contributed by atoms with Gasteiger partial charge in [-0.1, -0.05) is 36.3 Å². The Morgan fingerprint density at radius 3 is 2.62 bits per heavy atom. The maximum Gasteiger partial charge on any atom is 0.264 e. The van der Waals surface area contributed by atoms with Crippen molar-refractivity contribution < 1.29 is 12.9 Å². The molecule has 1 aliphatic heterocycles. The summed E-state index contributed by atoms with van der Waals surface area (Å²) in [4.78, 5) is 1.31. The summed E-state index contributed by atoms with van der Waals surface area (Å²) in [5, 5.41) is 4.23. The first-order valence-electron chi connectivity index (χ1n) is 9.65. The van der Waals surface area contributed by atoms with Crippen molar-refractivity contribution in [2.45, 2.75) is 49.2 Å². The molecule has 1 aliphatic rings. The van der Waals surface area contributed by atoms with Crippen molar-refractivity contribution >= 4 is 27.5 Å². The molecule has 1 atom stereocenters. The molecule has 5 nitrogen and oxygen atoms in total. The van der Waals surface area contributed by atoms with Crippen LogP contribution in [0.1, 0.15) is 30.2 Å². The zero-order valence-electron chi connectivity index (χ0n) is 17.0. The number of aryl methyl sites for hydroxylation is 2. The average molecular weight is 429 g/mol. The van der Waals surface area contributed by atoms with Crippen molar-refractivity contribution in [1.82, 2.24) is 5.16 Å². The SMILES string of the molecule is CC[C@H]1CN(S(=O)(=O)c2cc(-c3onc(C)c3C)ccc2C)c2ccccc2S1. The largest absolute Gasteiger partial charge is 0.356 e. The van der Waals surface area contributed by atoms with Gasteiger partial charge in [0, 0.05) is 27.8 Å². The first-order valence-corrected chi connectivity index (χ1v) is 12.0. The van der Waals surface area contributed by atoms with Gasteiger partial charge in [-0.25, -0.2) is 8.42 Å². The van der Waals surface area contributed by atoms with Crippen LogP contribution in [0.4, 0.5) is 5.69 Å². The van der Waals surface area contributed by atoms with Gasteiger partial charge in [0.1, 0.15) is 0 Å². The van der Waals surface area contributed by atoms with Gasteiger partial charge in [0.25, 0.3) is 10.0 Å². The van der Waals surface area contributed by atoms with Crippen LogP contribution in [0.5, 0.6) is 0 Å². The number of hydrogen-bond acceptors (Lipinski definition) is 5. The number of thioether (sulfide) groups is 1. The molecule has 0 saturated heterocycles. The molecule has 0 aliphatic carbocycles.